The minimum atomic E-state index is -0.0773. The maximum absolute atomic E-state index is 11.1. The first-order chi connectivity index (χ1) is 7.22. The molecular formula is C10H17N3OS. The number of aryl methyl sites for hydroxylation is 1. The molecule has 0 fully saturated rings. The lowest BCUT2D eigenvalue weighted by Crippen LogP contribution is -2.18. The fourth-order valence-corrected chi connectivity index (χ4v) is 1.96. The zero-order chi connectivity index (χ0) is 11.1. The summed E-state index contributed by atoms with van der Waals surface area (Å²) in [5, 5.41) is 4.00. The van der Waals surface area contributed by atoms with Crippen LogP contribution >= 0.6 is 11.8 Å². The summed E-state index contributed by atoms with van der Waals surface area (Å²) < 4.78 is 0. The third-order valence-corrected chi connectivity index (χ3v) is 2.67. The smallest absolute Gasteiger partial charge is 0.251 e. The Morgan fingerprint density at radius 3 is 3.00 bits per heavy atom. The highest BCUT2D eigenvalue weighted by Crippen LogP contribution is 2.09. The largest absolute Gasteiger partial charge is 0.316 e. The van der Waals surface area contributed by atoms with E-state index in [-0.39, 0.29) is 5.56 Å². The van der Waals surface area contributed by atoms with Crippen LogP contribution < -0.4 is 10.9 Å². The maximum Gasteiger partial charge on any atom is 0.251 e. The summed E-state index contributed by atoms with van der Waals surface area (Å²) >= 11 is 1.57. The second-order valence-corrected chi connectivity index (χ2v) is 4.37. The van der Waals surface area contributed by atoms with E-state index in [9.17, 15) is 4.79 Å². The number of thioether (sulfide) groups is 1. The van der Waals surface area contributed by atoms with Crippen molar-refractivity contribution in [1.82, 2.24) is 15.3 Å². The van der Waals surface area contributed by atoms with Gasteiger partial charge in [0.25, 0.3) is 5.56 Å². The van der Waals surface area contributed by atoms with Crippen LogP contribution in [0.1, 0.15) is 19.0 Å². The molecule has 1 rings (SSSR count). The molecule has 0 saturated carbocycles. The molecule has 0 aliphatic heterocycles. The van der Waals surface area contributed by atoms with Gasteiger partial charge in [-0.15, -0.1) is 0 Å². The number of nitrogens with zero attached hydrogens (tertiary/aromatic N) is 1. The molecule has 1 heterocycles. The maximum atomic E-state index is 11.1. The SMILES string of the molecule is CCCNCCSc1nc(C)cc(=O)[nH]1. The van der Waals surface area contributed by atoms with Gasteiger partial charge >= 0.3 is 0 Å². The van der Waals surface area contributed by atoms with Gasteiger partial charge in [-0.25, -0.2) is 4.98 Å². The summed E-state index contributed by atoms with van der Waals surface area (Å²) in [6.45, 7) is 5.95. The van der Waals surface area contributed by atoms with E-state index in [4.69, 9.17) is 0 Å². The topological polar surface area (TPSA) is 57.8 Å². The Morgan fingerprint density at radius 2 is 2.33 bits per heavy atom. The molecule has 15 heavy (non-hydrogen) atoms. The zero-order valence-corrected chi connectivity index (χ0v) is 9.99. The quantitative estimate of drug-likeness (QED) is 0.435. The first-order valence-corrected chi connectivity index (χ1v) is 6.12. The molecule has 0 spiro atoms. The summed E-state index contributed by atoms with van der Waals surface area (Å²) in [6, 6.07) is 1.50. The van der Waals surface area contributed by atoms with Crippen LogP contribution in [0.5, 0.6) is 0 Å². The van der Waals surface area contributed by atoms with Crippen LogP contribution in [0, 0.1) is 6.92 Å². The molecule has 0 saturated heterocycles. The molecule has 0 aliphatic carbocycles. The second kappa shape index (κ2) is 6.63. The minimum absolute atomic E-state index is 0.0773. The lowest BCUT2D eigenvalue weighted by atomic mass is 10.5. The highest BCUT2D eigenvalue weighted by atomic mass is 32.2. The van der Waals surface area contributed by atoms with E-state index in [2.05, 4.69) is 22.2 Å². The molecule has 1 aromatic heterocycles. The van der Waals surface area contributed by atoms with Crippen molar-refractivity contribution in [3.8, 4) is 0 Å². The summed E-state index contributed by atoms with van der Waals surface area (Å²) in [5.41, 5.74) is 0.689. The summed E-state index contributed by atoms with van der Waals surface area (Å²) in [7, 11) is 0. The van der Waals surface area contributed by atoms with Crippen molar-refractivity contribution in [3.05, 3.63) is 22.1 Å². The van der Waals surface area contributed by atoms with Gasteiger partial charge in [0.1, 0.15) is 0 Å². The van der Waals surface area contributed by atoms with Gasteiger partial charge in [-0.2, -0.15) is 0 Å². The predicted octanol–water partition coefficient (Wildman–Crippen LogP) is 1.17. The lowest BCUT2D eigenvalue weighted by Gasteiger charge is -2.02. The molecule has 0 amide bonds. The number of rotatable bonds is 6. The Hall–Kier alpha value is -0.810. The van der Waals surface area contributed by atoms with Crippen molar-refractivity contribution in [2.24, 2.45) is 0 Å². The standard InChI is InChI=1S/C10H17N3OS/c1-3-4-11-5-6-15-10-12-8(2)7-9(14)13-10/h7,11H,3-6H2,1-2H3,(H,12,13,14). The Morgan fingerprint density at radius 1 is 1.53 bits per heavy atom. The van der Waals surface area contributed by atoms with E-state index in [1.54, 1.807) is 11.8 Å². The minimum Gasteiger partial charge on any atom is -0.316 e. The van der Waals surface area contributed by atoms with Crippen LogP contribution in [0.2, 0.25) is 0 Å². The molecule has 0 radical (unpaired) electrons. The zero-order valence-electron chi connectivity index (χ0n) is 9.17. The van der Waals surface area contributed by atoms with Gasteiger partial charge in [0.05, 0.1) is 0 Å². The fraction of sp³-hybridized carbons (Fsp3) is 0.600. The van der Waals surface area contributed by atoms with Crippen molar-refractivity contribution in [2.75, 3.05) is 18.8 Å². The second-order valence-electron chi connectivity index (χ2n) is 3.29. The van der Waals surface area contributed by atoms with E-state index in [0.29, 0.717) is 5.16 Å². The van der Waals surface area contributed by atoms with Crippen LogP contribution in [0.15, 0.2) is 16.0 Å². The molecule has 2 N–H and O–H groups in total. The van der Waals surface area contributed by atoms with E-state index in [0.717, 1.165) is 31.0 Å². The monoisotopic (exact) mass is 227 g/mol. The van der Waals surface area contributed by atoms with Crippen molar-refractivity contribution < 1.29 is 0 Å². The highest BCUT2D eigenvalue weighted by molar-refractivity contribution is 7.99. The molecule has 4 nitrogen and oxygen atoms in total. The van der Waals surface area contributed by atoms with Crippen LogP contribution in [0.3, 0.4) is 0 Å². The van der Waals surface area contributed by atoms with E-state index < -0.39 is 0 Å². The molecular weight excluding hydrogens is 210 g/mol. The third-order valence-electron chi connectivity index (χ3n) is 1.79. The van der Waals surface area contributed by atoms with Gasteiger partial charge < -0.3 is 10.3 Å². The number of hydrogen-bond acceptors (Lipinski definition) is 4. The van der Waals surface area contributed by atoms with Gasteiger partial charge in [-0.1, -0.05) is 18.7 Å². The fourth-order valence-electron chi connectivity index (χ4n) is 1.14. The Balaban J connectivity index is 2.34. The molecule has 0 aliphatic rings. The molecule has 84 valence electrons. The van der Waals surface area contributed by atoms with Crippen LogP contribution in [0.4, 0.5) is 0 Å². The van der Waals surface area contributed by atoms with Gasteiger partial charge in [0, 0.05) is 24.1 Å². The molecule has 0 bridgehead atoms. The summed E-state index contributed by atoms with van der Waals surface area (Å²) in [4.78, 5) is 18.1. The van der Waals surface area contributed by atoms with Crippen molar-refractivity contribution >= 4 is 11.8 Å². The molecule has 0 unspecified atom stereocenters. The van der Waals surface area contributed by atoms with E-state index in [1.165, 1.54) is 6.07 Å². The van der Waals surface area contributed by atoms with Gasteiger partial charge in [0.15, 0.2) is 5.16 Å². The van der Waals surface area contributed by atoms with Crippen molar-refractivity contribution in [2.45, 2.75) is 25.4 Å². The van der Waals surface area contributed by atoms with Gasteiger partial charge in [-0.05, 0) is 19.9 Å². The number of aromatic nitrogens is 2. The van der Waals surface area contributed by atoms with Crippen molar-refractivity contribution in [3.63, 3.8) is 0 Å². The Labute approximate surface area is 93.9 Å². The third kappa shape index (κ3) is 4.99. The number of hydrogen-bond donors (Lipinski definition) is 2. The first-order valence-electron chi connectivity index (χ1n) is 5.14. The Bertz CT molecular complexity index is 351. The van der Waals surface area contributed by atoms with E-state index >= 15 is 0 Å². The summed E-state index contributed by atoms with van der Waals surface area (Å²) in [6.07, 6.45) is 1.14. The molecule has 5 heteroatoms. The average Bonchev–Trinajstić information content (AvgIpc) is 2.16. The van der Waals surface area contributed by atoms with Gasteiger partial charge in [-0.3, -0.25) is 4.79 Å². The van der Waals surface area contributed by atoms with Crippen LogP contribution in [0.25, 0.3) is 0 Å². The van der Waals surface area contributed by atoms with Crippen LogP contribution in [-0.2, 0) is 0 Å². The number of aromatic amines is 1. The lowest BCUT2D eigenvalue weighted by molar-refractivity contribution is 0.707. The molecule has 1 aromatic rings. The number of H-pyrrole nitrogens is 1. The van der Waals surface area contributed by atoms with Crippen LogP contribution in [-0.4, -0.2) is 28.8 Å². The average molecular weight is 227 g/mol. The van der Waals surface area contributed by atoms with E-state index in [1.807, 2.05) is 6.92 Å². The number of nitrogens with one attached hydrogen (secondary N) is 2. The van der Waals surface area contributed by atoms with Crippen molar-refractivity contribution in [1.29, 1.82) is 0 Å². The highest BCUT2D eigenvalue weighted by Gasteiger charge is 1.98. The van der Waals surface area contributed by atoms with Gasteiger partial charge in [0.2, 0.25) is 0 Å². The predicted molar refractivity (Wildman–Crippen MR) is 63.5 cm³/mol. The summed E-state index contributed by atoms with van der Waals surface area (Å²) in [5.74, 6) is 0.923. The normalized spacial score (nSPS) is 10.5. The first kappa shape index (κ1) is 12.3. The molecule has 0 atom stereocenters. The molecule has 0 aromatic carbocycles. The Kier molecular flexibility index (Phi) is 5.42.